The predicted octanol–water partition coefficient (Wildman–Crippen LogP) is -3.07. The van der Waals surface area contributed by atoms with Gasteiger partial charge in [-0.25, -0.2) is 4.79 Å². The van der Waals surface area contributed by atoms with Crippen LogP contribution in [-0.2, 0) is 46.8 Å². The number of fused-ring (bicyclic) bond motifs is 2. The summed E-state index contributed by atoms with van der Waals surface area (Å²) in [4.78, 5) is 50.1. The van der Waals surface area contributed by atoms with E-state index in [4.69, 9.17) is 9.29 Å². The van der Waals surface area contributed by atoms with E-state index in [1.807, 2.05) is 0 Å². The monoisotopic (exact) mass is 476 g/mol. The van der Waals surface area contributed by atoms with E-state index in [-0.39, 0.29) is 38.2 Å². The Kier molecular flexibility index (Phi) is 6.84. The average molecular weight is 476 g/mol. The number of ether oxygens (including phenoxy) is 1. The highest BCUT2D eigenvalue weighted by Crippen LogP contribution is 2.30. The van der Waals surface area contributed by atoms with E-state index in [0.717, 1.165) is 9.70 Å². The van der Waals surface area contributed by atoms with Gasteiger partial charge in [-0.05, 0) is 25.0 Å². The number of aromatic nitrogens is 4. The van der Waals surface area contributed by atoms with Crippen LogP contribution < -0.4 is 10.9 Å². The molecule has 32 heavy (non-hydrogen) atoms. The number of hydrazine groups is 1. The number of nitrogens with zero attached hydrogens (tertiary/aromatic N) is 6. The molecule has 4 amide bonds. The minimum Gasteiger partial charge on any atom is -0.466 e. The Bertz CT molecular complexity index is 1010. The first kappa shape index (κ1) is 23.3. The second-order valence-corrected chi connectivity index (χ2v) is 7.77. The van der Waals surface area contributed by atoms with Gasteiger partial charge in [0.1, 0.15) is 19.0 Å². The van der Waals surface area contributed by atoms with Gasteiger partial charge in [0, 0.05) is 6.54 Å². The highest BCUT2D eigenvalue weighted by Gasteiger charge is 2.49. The number of hydrogen-bond donors (Lipinski definition) is 3. The molecule has 2 atom stereocenters. The lowest BCUT2D eigenvalue weighted by Crippen LogP contribution is -2.54. The Hall–Kier alpha value is -3.38. The third-order valence-corrected chi connectivity index (χ3v) is 4.86. The Labute approximate surface area is 180 Å². The molecule has 0 spiro atoms. The third kappa shape index (κ3) is 5.65. The van der Waals surface area contributed by atoms with Crippen molar-refractivity contribution in [3.05, 3.63) is 5.82 Å². The fourth-order valence-electron chi connectivity index (χ4n) is 3.24. The van der Waals surface area contributed by atoms with E-state index in [1.165, 1.54) is 0 Å². The number of urea groups is 1. The molecule has 0 aromatic carbocycles. The molecule has 2 unspecified atom stereocenters. The van der Waals surface area contributed by atoms with Crippen LogP contribution in [0.2, 0.25) is 0 Å². The topological polar surface area (TPSA) is 215 Å². The van der Waals surface area contributed by atoms with Crippen LogP contribution in [0.3, 0.4) is 0 Å². The molecule has 0 radical (unpaired) electrons. The lowest BCUT2D eigenvalue weighted by molar-refractivity contribution is -0.142. The Morgan fingerprint density at radius 2 is 2.00 bits per heavy atom. The van der Waals surface area contributed by atoms with E-state index in [9.17, 15) is 27.6 Å². The second kappa shape index (κ2) is 9.40. The SMILES string of the molecule is CCOC(=O)Cc1nnn(CC(=O)NNC(=O)C2CCC3CN2C(=O)N3OS(=O)(=O)O)n1. The molecule has 2 fully saturated rings. The van der Waals surface area contributed by atoms with Crippen molar-refractivity contribution >= 4 is 34.2 Å². The largest absolute Gasteiger partial charge is 0.466 e. The second-order valence-electron chi connectivity index (χ2n) is 6.77. The van der Waals surface area contributed by atoms with E-state index >= 15 is 0 Å². The zero-order valence-electron chi connectivity index (χ0n) is 16.7. The van der Waals surface area contributed by atoms with Gasteiger partial charge in [0.25, 0.3) is 11.8 Å². The van der Waals surface area contributed by atoms with Crippen LogP contribution in [0.15, 0.2) is 0 Å². The minimum atomic E-state index is -4.90. The quantitative estimate of drug-likeness (QED) is 0.193. The number of piperidine rings is 1. The molecule has 3 rings (SSSR count). The van der Waals surface area contributed by atoms with E-state index in [2.05, 4.69) is 30.5 Å². The number of carbonyl (C=O) groups excluding carboxylic acids is 4. The van der Waals surface area contributed by atoms with Crippen molar-refractivity contribution in [2.45, 2.75) is 44.8 Å². The van der Waals surface area contributed by atoms with Gasteiger partial charge in [-0.2, -0.15) is 18.3 Å². The number of esters is 1. The molecular formula is C14H20N8O9S. The molecule has 176 valence electrons. The summed E-state index contributed by atoms with van der Waals surface area (Å²) in [5, 5.41) is 11.6. The van der Waals surface area contributed by atoms with Gasteiger partial charge < -0.3 is 9.64 Å². The highest BCUT2D eigenvalue weighted by atomic mass is 32.3. The standard InChI is InChI=1S/C14H20N8O9S/c1-2-30-12(24)5-10-15-19-21(18-10)7-11(23)16-17-13(25)9-4-3-8-6-20(9)14(26)22(8)31-32(27,28)29/h8-9H,2-7H2,1H3,(H,16,23)(H,17,25)(H,27,28,29). The number of amides is 4. The van der Waals surface area contributed by atoms with Crippen molar-refractivity contribution < 1.29 is 41.2 Å². The summed E-state index contributed by atoms with van der Waals surface area (Å²) in [5.41, 5.74) is 4.32. The van der Waals surface area contributed by atoms with E-state index in [1.54, 1.807) is 6.92 Å². The minimum absolute atomic E-state index is 0.00645. The van der Waals surface area contributed by atoms with E-state index in [0.29, 0.717) is 5.06 Å². The van der Waals surface area contributed by atoms with Gasteiger partial charge in [-0.1, -0.05) is 0 Å². The zero-order valence-corrected chi connectivity index (χ0v) is 17.5. The highest BCUT2D eigenvalue weighted by molar-refractivity contribution is 7.80. The maximum Gasteiger partial charge on any atom is 0.418 e. The van der Waals surface area contributed by atoms with Gasteiger partial charge in [0.2, 0.25) is 0 Å². The fraction of sp³-hybridized carbons (Fsp3) is 0.643. The molecule has 3 heterocycles. The van der Waals surface area contributed by atoms with Crippen molar-refractivity contribution in [1.82, 2.24) is 41.0 Å². The fourth-order valence-corrected chi connectivity index (χ4v) is 3.63. The Balaban J connectivity index is 1.49. The van der Waals surface area contributed by atoms with Crippen LogP contribution in [0.4, 0.5) is 4.79 Å². The molecule has 0 aliphatic carbocycles. The predicted molar refractivity (Wildman–Crippen MR) is 97.8 cm³/mol. The van der Waals surface area contributed by atoms with Crippen molar-refractivity contribution in [2.24, 2.45) is 0 Å². The number of hydrogen-bond acceptors (Lipinski definition) is 11. The summed E-state index contributed by atoms with van der Waals surface area (Å²) in [7, 11) is -4.90. The maximum absolute atomic E-state index is 12.4. The molecular weight excluding hydrogens is 456 g/mol. The first-order valence-corrected chi connectivity index (χ1v) is 10.7. The van der Waals surface area contributed by atoms with Crippen LogP contribution in [0, 0.1) is 0 Å². The van der Waals surface area contributed by atoms with Crippen molar-refractivity contribution in [1.29, 1.82) is 0 Å². The van der Waals surface area contributed by atoms with E-state index < -0.39 is 52.8 Å². The summed E-state index contributed by atoms with van der Waals surface area (Å²) in [6.07, 6.45) is 0.193. The van der Waals surface area contributed by atoms with Crippen LogP contribution >= 0.6 is 0 Å². The van der Waals surface area contributed by atoms with Crippen LogP contribution in [0.5, 0.6) is 0 Å². The first-order valence-electron chi connectivity index (χ1n) is 9.35. The third-order valence-electron chi connectivity index (χ3n) is 4.51. The molecule has 2 saturated heterocycles. The summed E-state index contributed by atoms with van der Waals surface area (Å²) in [6.45, 7) is 1.44. The van der Waals surface area contributed by atoms with Gasteiger partial charge in [-0.15, -0.1) is 14.5 Å². The molecule has 1 aromatic heterocycles. The summed E-state index contributed by atoms with van der Waals surface area (Å²) < 4.78 is 39.6. The lowest BCUT2D eigenvalue weighted by Gasteiger charge is -2.29. The van der Waals surface area contributed by atoms with Gasteiger partial charge in [-0.3, -0.25) is 29.8 Å². The van der Waals surface area contributed by atoms with Gasteiger partial charge in [0.15, 0.2) is 5.82 Å². The van der Waals surface area contributed by atoms with Crippen molar-refractivity contribution in [2.75, 3.05) is 13.2 Å². The molecule has 1 aromatic rings. The van der Waals surface area contributed by atoms with Crippen molar-refractivity contribution in [3.63, 3.8) is 0 Å². The Morgan fingerprint density at radius 3 is 2.69 bits per heavy atom. The number of nitrogens with one attached hydrogen (secondary N) is 2. The molecule has 2 bridgehead atoms. The van der Waals surface area contributed by atoms with Crippen LogP contribution in [0.1, 0.15) is 25.6 Å². The number of rotatable bonds is 8. The van der Waals surface area contributed by atoms with Crippen molar-refractivity contribution in [3.8, 4) is 0 Å². The molecule has 18 heteroatoms. The Morgan fingerprint density at radius 1 is 1.25 bits per heavy atom. The zero-order chi connectivity index (χ0) is 23.5. The molecule has 17 nitrogen and oxygen atoms in total. The lowest BCUT2D eigenvalue weighted by atomic mass is 10.0. The summed E-state index contributed by atoms with van der Waals surface area (Å²) in [5.74, 6) is -1.92. The number of hydroxylamine groups is 2. The normalized spacial score (nSPS) is 20.2. The molecule has 3 N–H and O–H groups in total. The van der Waals surface area contributed by atoms with Gasteiger partial charge in [0.05, 0.1) is 12.6 Å². The number of carbonyl (C=O) groups is 4. The average Bonchev–Trinajstić information content (AvgIpc) is 3.23. The molecule has 2 aliphatic heterocycles. The van der Waals surface area contributed by atoms with Crippen LogP contribution in [0.25, 0.3) is 0 Å². The smallest absolute Gasteiger partial charge is 0.418 e. The maximum atomic E-state index is 12.4. The summed E-state index contributed by atoms with van der Waals surface area (Å²) >= 11 is 0. The van der Waals surface area contributed by atoms with Gasteiger partial charge >= 0.3 is 22.4 Å². The summed E-state index contributed by atoms with van der Waals surface area (Å²) in [6, 6.07) is -2.54. The molecule has 2 aliphatic rings. The first-order chi connectivity index (χ1) is 15.1. The number of tetrazole rings is 1. The van der Waals surface area contributed by atoms with Crippen LogP contribution in [-0.4, -0.2) is 92.2 Å². The molecule has 0 saturated carbocycles.